The molecule has 0 aliphatic heterocycles. The van der Waals surface area contributed by atoms with Crippen molar-refractivity contribution >= 4 is 0 Å². The van der Waals surface area contributed by atoms with E-state index >= 15 is 0 Å². The number of halogens is 4. The van der Waals surface area contributed by atoms with Crippen LogP contribution in [0.4, 0.5) is 17.6 Å². The predicted octanol–water partition coefficient (Wildman–Crippen LogP) is 4.01. The highest BCUT2D eigenvalue weighted by molar-refractivity contribution is 5.63. The van der Waals surface area contributed by atoms with Crippen LogP contribution in [-0.2, 0) is 0 Å². The van der Waals surface area contributed by atoms with Crippen LogP contribution in [0, 0.1) is 5.82 Å². The molecule has 0 unspecified atom stereocenters. The van der Waals surface area contributed by atoms with Crippen LogP contribution < -0.4 is 4.74 Å². The van der Waals surface area contributed by atoms with E-state index in [-0.39, 0.29) is 5.75 Å². The number of nitrogens with zero attached hydrogens (tertiary/aromatic N) is 3. The minimum absolute atomic E-state index is 0.207. The first kappa shape index (κ1) is 16.0. The van der Waals surface area contributed by atoms with Gasteiger partial charge >= 0.3 is 6.18 Å². The number of aromatic nitrogens is 3. The lowest BCUT2D eigenvalue weighted by Gasteiger charge is -2.12. The van der Waals surface area contributed by atoms with Gasteiger partial charge < -0.3 is 4.74 Å². The van der Waals surface area contributed by atoms with Crippen LogP contribution in [0.3, 0.4) is 0 Å². The smallest absolute Gasteiger partial charge is 0.422 e. The van der Waals surface area contributed by atoms with Gasteiger partial charge in [0.25, 0.3) is 0 Å². The third-order valence-electron chi connectivity index (χ3n) is 3.10. The molecule has 0 radical (unpaired) electrons. The monoisotopic (exact) mass is 337 g/mol. The molecule has 2 heterocycles. The summed E-state index contributed by atoms with van der Waals surface area (Å²) in [6.07, 6.45) is 0.169. The fraction of sp³-hybridized carbons (Fsp3) is 0.125. The zero-order valence-corrected chi connectivity index (χ0v) is 12.2. The Bertz CT molecular complexity index is 831. The van der Waals surface area contributed by atoms with Gasteiger partial charge in [0.15, 0.2) is 6.61 Å². The number of rotatable bonds is 4. The Hall–Kier alpha value is -2.90. The molecule has 0 fully saturated rings. The van der Waals surface area contributed by atoms with Gasteiger partial charge in [-0.2, -0.15) is 18.3 Å². The van der Waals surface area contributed by atoms with Crippen molar-refractivity contribution in [2.24, 2.45) is 0 Å². The van der Waals surface area contributed by atoms with E-state index in [2.05, 4.69) is 14.8 Å². The van der Waals surface area contributed by atoms with E-state index in [0.29, 0.717) is 16.9 Å². The first-order chi connectivity index (χ1) is 11.4. The Morgan fingerprint density at radius 1 is 1.08 bits per heavy atom. The summed E-state index contributed by atoms with van der Waals surface area (Å²) in [6, 6.07) is 8.52. The molecule has 2 aromatic heterocycles. The van der Waals surface area contributed by atoms with E-state index < -0.39 is 18.6 Å². The molecule has 8 heteroatoms. The van der Waals surface area contributed by atoms with Crippen LogP contribution in [0.25, 0.3) is 16.9 Å². The minimum Gasteiger partial charge on any atom is -0.484 e. The molecule has 3 aromatic rings. The Kier molecular flexibility index (Phi) is 4.20. The van der Waals surface area contributed by atoms with Gasteiger partial charge in [-0.05, 0) is 30.3 Å². The van der Waals surface area contributed by atoms with Crippen LogP contribution in [0.1, 0.15) is 0 Å². The van der Waals surface area contributed by atoms with Crippen molar-refractivity contribution in [2.45, 2.75) is 6.18 Å². The van der Waals surface area contributed by atoms with Crippen molar-refractivity contribution in [1.29, 1.82) is 0 Å². The van der Waals surface area contributed by atoms with Gasteiger partial charge in [-0.1, -0.05) is 0 Å². The maximum atomic E-state index is 13.8. The summed E-state index contributed by atoms with van der Waals surface area (Å²) in [7, 11) is 0. The fourth-order valence-electron chi connectivity index (χ4n) is 2.17. The molecule has 124 valence electrons. The second-order valence-corrected chi connectivity index (χ2v) is 4.92. The number of hydrogen-bond acceptors (Lipinski definition) is 3. The number of alkyl halides is 3. The Morgan fingerprint density at radius 2 is 1.92 bits per heavy atom. The van der Waals surface area contributed by atoms with E-state index in [1.165, 1.54) is 23.0 Å². The summed E-state index contributed by atoms with van der Waals surface area (Å²) in [6.45, 7) is -1.49. The van der Waals surface area contributed by atoms with Crippen molar-refractivity contribution in [3.8, 4) is 22.7 Å². The van der Waals surface area contributed by atoms with E-state index in [4.69, 9.17) is 0 Å². The highest BCUT2D eigenvalue weighted by atomic mass is 19.4. The summed E-state index contributed by atoms with van der Waals surface area (Å²) in [5.41, 5.74) is 1.48. The molecule has 0 aliphatic carbocycles. The van der Waals surface area contributed by atoms with Gasteiger partial charge in [0.05, 0.1) is 23.8 Å². The molecule has 3 rings (SSSR count). The third kappa shape index (κ3) is 3.70. The van der Waals surface area contributed by atoms with Gasteiger partial charge in [0, 0.05) is 17.8 Å². The molecule has 0 aliphatic rings. The van der Waals surface area contributed by atoms with E-state index in [9.17, 15) is 17.6 Å². The molecule has 0 bridgehead atoms. The molecule has 0 saturated heterocycles. The maximum absolute atomic E-state index is 13.8. The fourth-order valence-corrected chi connectivity index (χ4v) is 2.17. The maximum Gasteiger partial charge on any atom is 0.422 e. The summed E-state index contributed by atoms with van der Waals surface area (Å²) in [4.78, 5) is 3.98. The zero-order chi connectivity index (χ0) is 17.2. The van der Waals surface area contributed by atoms with Gasteiger partial charge in [0.1, 0.15) is 11.6 Å². The Labute approximate surface area is 134 Å². The van der Waals surface area contributed by atoms with Crippen molar-refractivity contribution in [2.75, 3.05) is 6.61 Å². The van der Waals surface area contributed by atoms with E-state index in [1.54, 1.807) is 30.6 Å². The summed E-state index contributed by atoms with van der Waals surface area (Å²) in [5.74, 6) is -0.912. The predicted molar refractivity (Wildman–Crippen MR) is 78.3 cm³/mol. The van der Waals surface area contributed by atoms with Crippen LogP contribution in [0.2, 0.25) is 0 Å². The third-order valence-corrected chi connectivity index (χ3v) is 3.10. The van der Waals surface area contributed by atoms with Crippen molar-refractivity contribution in [3.63, 3.8) is 0 Å². The van der Waals surface area contributed by atoms with Crippen molar-refractivity contribution in [3.05, 3.63) is 60.8 Å². The molecule has 0 saturated carbocycles. The number of benzene rings is 1. The highest BCUT2D eigenvalue weighted by Crippen LogP contribution is 2.28. The lowest BCUT2D eigenvalue weighted by atomic mass is 10.1. The summed E-state index contributed by atoms with van der Waals surface area (Å²) < 4.78 is 56.7. The molecule has 0 spiro atoms. The van der Waals surface area contributed by atoms with E-state index in [0.717, 1.165) is 6.07 Å². The molecular formula is C16H11F4N3O. The summed E-state index contributed by atoms with van der Waals surface area (Å²) >= 11 is 0. The number of ether oxygens (including phenoxy) is 1. The normalized spacial score (nSPS) is 11.5. The van der Waals surface area contributed by atoms with Crippen molar-refractivity contribution in [1.82, 2.24) is 14.8 Å². The van der Waals surface area contributed by atoms with Crippen LogP contribution in [0.15, 0.2) is 55.0 Å². The average Bonchev–Trinajstić information content (AvgIpc) is 3.02. The minimum atomic E-state index is -4.50. The number of pyridine rings is 1. The molecule has 1 aromatic carbocycles. The Morgan fingerprint density at radius 3 is 2.62 bits per heavy atom. The molecule has 4 nitrogen and oxygen atoms in total. The lowest BCUT2D eigenvalue weighted by Crippen LogP contribution is -2.19. The van der Waals surface area contributed by atoms with Crippen LogP contribution >= 0.6 is 0 Å². The summed E-state index contributed by atoms with van der Waals surface area (Å²) in [5, 5.41) is 4.14. The first-order valence-corrected chi connectivity index (χ1v) is 6.87. The molecule has 0 N–H and O–H groups in total. The standard InChI is InChI=1S/C16H11F4N3O/c17-12-6-11(7-14(8-12)24-10-16(18,19)20)15-3-5-22-23(15)13-2-1-4-21-9-13/h1-9H,10H2. The van der Waals surface area contributed by atoms with Crippen LogP contribution in [-0.4, -0.2) is 27.5 Å². The molecular weight excluding hydrogens is 326 g/mol. The van der Waals surface area contributed by atoms with Gasteiger partial charge in [0.2, 0.25) is 0 Å². The first-order valence-electron chi connectivity index (χ1n) is 6.87. The van der Waals surface area contributed by atoms with Gasteiger partial charge in [-0.3, -0.25) is 4.98 Å². The molecule has 0 atom stereocenters. The second-order valence-electron chi connectivity index (χ2n) is 4.92. The second kappa shape index (κ2) is 6.31. The van der Waals surface area contributed by atoms with Crippen molar-refractivity contribution < 1.29 is 22.3 Å². The zero-order valence-electron chi connectivity index (χ0n) is 12.2. The lowest BCUT2D eigenvalue weighted by molar-refractivity contribution is -0.153. The largest absolute Gasteiger partial charge is 0.484 e. The SMILES string of the molecule is Fc1cc(OCC(F)(F)F)cc(-c2ccnn2-c2cccnc2)c1. The average molecular weight is 337 g/mol. The van der Waals surface area contributed by atoms with Crippen LogP contribution in [0.5, 0.6) is 5.75 Å². The molecule has 24 heavy (non-hydrogen) atoms. The topological polar surface area (TPSA) is 39.9 Å². The van der Waals surface area contributed by atoms with Gasteiger partial charge in [-0.25, -0.2) is 9.07 Å². The van der Waals surface area contributed by atoms with Gasteiger partial charge in [-0.15, -0.1) is 0 Å². The number of hydrogen-bond donors (Lipinski definition) is 0. The quantitative estimate of drug-likeness (QED) is 0.675. The van der Waals surface area contributed by atoms with E-state index in [1.807, 2.05) is 0 Å². The Balaban J connectivity index is 1.96. The molecule has 0 amide bonds. The highest BCUT2D eigenvalue weighted by Gasteiger charge is 2.28.